The molecule has 7 heteroatoms. The first-order valence-electron chi connectivity index (χ1n) is 10.6. The van der Waals surface area contributed by atoms with Crippen LogP contribution < -0.4 is 15.1 Å². The van der Waals surface area contributed by atoms with Crippen LogP contribution in [0, 0.1) is 0 Å². The van der Waals surface area contributed by atoms with E-state index in [-0.39, 0.29) is 18.1 Å². The van der Waals surface area contributed by atoms with Gasteiger partial charge in [-0.25, -0.2) is 0 Å². The predicted octanol–water partition coefficient (Wildman–Crippen LogP) is 2.03. The summed E-state index contributed by atoms with van der Waals surface area (Å²) in [6.45, 7) is 7.28. The summed E-state index contributed by atoms with van der Waals surface area (Å²) < 4.78 is 17.7. The summed E-state index contributed by atoms with van der Waals surface area (Å²) in [4.78, 5) is 17.0. The minimum absolute atomic E-state index is 0.0307. The van der Waals surface area contributed by atoms with Gasteiger partial charge in [-0.3, -0.25) is 9.69 Å². The zero-order valence-corrected chi connectivity index (χ0v) is 17.1. The molecule has 1 aromatic carbocycles. The molecule has 0 aliphatic carbocycles. The predicted molar refractivity (Wildman–Crippen MR) is 112 cm³/mol. The highest BCUT2D eigenvalue weighted by molar-refractivity contribution is 5.83. The lowest BCUT2D eigenvalue weighted by Gasteiger charge is -2.27. The molecule has 29 heavy (non-hydrogen) atoms. The summed E-state index contributed by atoms with van der Waals surface area (Å²) in [5.41, 5.74) is 1.51. The summed E-state index contributed by atoms with van der Waals surface area (Å²) in [7, 11) is 0. The van der Waals surface area contributed by atoms with E-state index in [9.17, 15) is 9.90 Å². The van der Waals surface area contributed by atoms with Gasteiger partial charge >= 0.3 is 0 Å². The van der Waals surface area contributed by atoms with E-state index in [2.05, 4.69) is 9.80 Å². The van der Waals surface area contributed by atoms with Crippen LogP contribution in [0.4, 0.5) is 5.88 Å². The molecule has 2 aromatic rings. The van der Waals surface area contributed by atoms with Crippen LogP contribution in [0.3, 0.4) is 0 Å². The lowest BCUT2D eigenvalue weighted by Crippen LogP contribution is -2.36. The average molecular weight is 402 g/mol. The fourth-order valence-corrected chi connectivity index (χ4v) is 4.32. The Bertz CT molecular complexity index is 891. The molecule has 1 N–H and O–H groups in total. The minimum atomic E-state index is -0.0307. The Hall–Kier alpha value is -2.09. The Labute approximate surface area is 170 Å². The fourth-order valence-electron chi connectivity index (χ4n) is 4.32. The number of aliphatic hydroxyl groups is 1. The van der Waals surface area contributed by atoms with Crippen molar-refractivity contribution in [1.82, 2.24) is 4.90 Å². The third-order valence-electron chi connectivity index (χ3n) is 5.97. The Kier molecular flexibility index (Phi) is 6.37. The maximum atomic E-state index is 12.7. The van der Waals surface area contributed by atoms with Gasteiger partial charge in [-0.15, -0.1) is 0 Å². The summed E-state index contributed by atoms with van der Waals surface area (Å²) in [6.07, 6.45) is 2.88. The van der Waals surface area contributed by atoms with Crippen LogP contribution in [0.5, 0.6) is 5.75 Å². The molecule has 2 fully saturated rings. The largest absolute Gasteiger partial charge is 0.492 e. The summed E-state index contributed by atoms with van der Waals surface area (Å²) in [6, 6.07) is 5.50. The second-order valence-electron chi connectivity index (χ2n) is 7.68. The van der Waals surface area contributed by atoms with Gasteiger partial charge in [0.05, 0.1) is 25.2 Å². The van der Waals surface area contributed by atoms with Crippen LogP contribution in [0.15, 0.2) is 27.4 Å². The first-order chi connectivity index (χ1) is 14.2. The molecular weight excluding hydrogens is 372 g/mol. The van der Waals surface area contributed by atoms with Crippen molar-refractivity contribution in [3.05, 3.63) is 34.0 Å². The number of benzene rings is 1. The molecule has 4 rings (SSSR count). The van der Waals surface area contributed by atoms with Gasteiger partial charge in [-0.2, -0.15) is 0 Å². The number of ether oxygens (including phenoxy) is 2. The van der Waals surface area contributed by atoms with Crippen molar-refractivity contribution in [1.29, 1.82) is 0 Å². The Morgan fingerprint density at radius 1 is 1.24 bits per heavy atom. The zero-order valence-electron chi connectivity index (χ0n) is 17.1. The van der Waals surface area contributed by atoms with Crippen LogP contribution in [0.2, 0.25) is 0 Å². The van der Waals surface area contributed by atoms with Crippen molar-refractivity contribution in [2.75, 3.05) is 57.5 Å². The Morgan fingerprint density at radius 2 is 2.07 bits per heavy atom. The van der Waals surface area contributed by atoms with E-state index >= 15 is 0 Å². The molecule has 1 unspecified atom stereocenters. The molecule has 158 valence electrons. The highest BCUT2D eigenvalue weighted by Crippen LogP contribution is 2.30. The van der Waals surface area contributed by atoms with Crippen molar-refractivity contribution in [2.45, 2.75) is 32.2 Å². The average Bonchev–Trinajstić information content (AvgIpc) is 3.21. The number of hydrogen-bond donors (Lipinski definition) is 1. The topological polar surface area (TPSA) is 75.4 Å². The normalized spacial score (nSPS) is 20.5. The van der Waals surface area contributed by atoms with Crippen molar-refractivity contribution in [3.8, 4) is 5.75 Å². The van der Waals surface area contributed by atoms with E-state index in [4.69, 9.17) is 13.9 Å². The third-order valence-corrected chi connectivity index (χ3v) is 5.97. The Balaban J connectivity index is 1.56. The van der Waals surface area contributed by atoms with E-state index in [1.165, 1.54) is 0 Å². The van der Waals surface area contributed by atoms with Crippen molar-refractivity contribution in [3.63, 3.8) is 0 Å². The molecule has 0 bridgehead atoms. The van der Waals surface area contributed by atoms with Crippen LogP contribution in [0.25, 0.3) is 11.0 Å². The SMILES string of the molecule is CCc1c(OCCN2CCCC2CO)ccc2c(=O)cc(N3CCOCC3)oc12. The van der Waals surface area contributed by atoms with Gasteiger partial charge in [-0.05, 0) is 37.9 Å². The molecule has 0 amide bonds. The number of aliphatic hydroxyl groups excluding tert-OH is 1. The van der Waals surface area contributed by atoms with Crippen molar-refractivity contribution < 1.29 is 19.0 Å². The van der Waals surface area contributed by atoms with Crippen LogP contribution in [-0.2, 0) is 11.2 Å². The van der Waals surface area contributed by atoms with E-state index in [0.29, 0.717) is 56.2 Å². The molecule has 0 saturated carbocycles. The van der Waals surface area contributed by atoms with Gasteiger partial charge in [0.1, 0.15) is 17.9 Å². The van der Waals surface area contributed by atoms with E-state index in [1.54, 1.807) is 12.1 Å². The number of rotatable bonds is 7. The smallest absolute Gasteiger partial charge is 0.200 e. The van der Waals surface area contributed by atoms with Gasteiger partial charge in [0.25, 0.3) is 0 Å². The van der Waals surface area contributed by atoms with Crippen LogP contribution in [0.1, 0.15) is 25.3 Å². The molecule has 0 radical (unpaired) electrons. The molecule has 2 aliphatic rings. The monoisotopic (exact) mass is 402 g/mol. The second-order valence-corrected chi connectivity index (χ2v) is 7.68. The summed E-state index contributed by atoms with van der Waals surface area (Å²) >= 11 is 0. The number of aryl methyl sites for hydroxylation is 1. The Morgan fingerprint density at radius 3 is 2.83 bits per heavy atom. The molecule has 0 spiro atoms. The maximum absolute atomic E-state index is 12.7. The maximum Gasteiger partial charge on any atom is 0.200 e. The molecule has 1 aromatic heterocycles. The van der Waals surface area contributed by atoms with Gasteiger partial charge < -0.3 is 23.9 Å². The quantitative estimate of drug-likeness (QED) is 0.759. The zero-order chi connectivity index (χ0) is 20.2. The standard InChI is InChI=1S/C22H30N2O5/c1-2-17-20(28-13-10-23-7-3-4-16(23)15-25)6-5-18-19(26)14-21(29-22(17)18)24-8-11-27-12-9-24/h5-6,14,16,25H,2-4,7-13,15H2,1H3. The van der Waals surface area contributed by atoms with Gasteiger partial charge in [0, 0.05) is 37.3 Å². The third kappa shape index (κ3) is 4.27. The number of anilines is 1. The molecule has 7 nitrogen and oxygen atoms in total. The van der Waals surface area contributed by atoms with Crippen LogP contribution in [-0.4, -0.2) is 68.7 Å². The van der Waals surface area contributed by atoms with E-state index in [0.717, 1.165) is 37.2 Å². The molecule has 2 aliphatic heterocycles. The van der Waals surface area contributed by atoms with Gasteiger partial charge in [-0.1, -0.05) is 6.92 Å². The van der Waals surface area contributed by atoms with Crippen LogP contribution >= 0.6 is 0 Å². The number of fused-ring (bicyclic) bond motifs is 1. The number of morpholine rings is 1. The second kappa shape index (κ2) is 9.15. The molecule has 1 atom stereocenters. The molecule has 2 saturated heterocycles. The number of hydrogen-bond acceptors (Lipinski definition) is 7. The summed E-state index contributed by atoms with van der Waals surface area (Å²) in [5, 5.41) is 10.1. The van der Waals surface area contributed by atoms with E-state index in [1.807, 2.05) is 13.0 Å². The minimum Gasteiger partial charge on any atom is -0.492 e. The molecular formula is C22H30N2O5. The van der Waals surface area contributed by atoms with Crippen molar-refractivity contribution in [2.24, 2.45) is 0 Å². The number of likely N-dealkylation sites (tertiary alicyclic amines) is 1. The van der Waals surface area contributed by atoms with E-state index < -0.39 is 0 Å². The highest BCUT2D eigenvalue weighted by atomic mass is 16.5. The lowest BCUT2D eigenvalue weighted by molar-refractivity contribution is 0.121. The van der Waals surface area contributed by atoms with Gasteiger partial charge in [0.2, 0.25) is 0 Å². The molecule has 3 heterocycles. The van der Waals surface area contributed by atoms with Gasteiger partial charge in [0.15, 0.2) is 11.3 Å². The first-order valence-corrected chi connectivity index (χ1v) is 10.6. The number of nitrogens with zero attached hydrogens (tertiary/aromatic N) is 2. The lowest BCUT2D eigenvalue weighted by atomic mass is 10.1. The summed E-state index contributed by atoms with van der Waals surface area (Å²) in [5.74, 6) is 1.36. The van der Waals surface area contributed by atoms with Crippen molar-refractivity contribution >= 4 is 16.9 Å². The fraction of sp³-hybridized carbons (Fsp3) is 0.591. The highest BCUT2D eigenvalue weighted by Gasteiger charge is 2.23. The first kappa shape index (κ1) is 20.2.